The number of hydrogen-bond donors (Lipinski definition) is 4. The second-order valence-electron chi connectivity index (χ2n) is 11.8. The first-order chi connectivity index (χ1) is 17.0. The van der Waals surface area contributed by atoms with Crippen molar-refractivity contribution in [2.75, 3.05) is 0 Å². The van der Waals surface area contributed by atoms with Gasteiger partial charge in [-0.3, -0.25) is 9.59 Å². The summed E-state index contributed by atoms with van der Waals surface area (Å²) in [6.07, 6.45) is -4.12. The van der Waals surface area contributed by atoms with Crippen molar-refractivity contribution in [3.05, 3.63) is 0 Å². The van der Waals surface area contributed by atoms with Gasteiger partial charge in [0.05, 0.1) is 11.8 Å². The summed E-state index contributed by atoms with van der Waals surface area (Å²) in [5.41, 5.74) is -1.46. The lowest BCUT2D eigenvalue weighted by Gasteiger charge is -2.33. The lowest BCUT2D eigenvalue weighted by Crippen LogP contribution is -2.47. The Hall–Kier alpha value is -2.80. The van der Waals surface area contributed by atoms with Crippen molar-refractivity contribution in [1.29, 1.82) is 0 Å². The van der Waals surface area contributed by atoms with E-state index in [0.29, 0.717) is 0 Å². The number of carboxylic acids is 2. The normalized spacial score (nSPS) is 26.6. The fourth-order valence-corrected chi connectivity index (χ4v) is 4.17. The zero-order valence-corrected chi connectivity index (χ0v) is 22.4. The van der Waals surface area contributed by atoms with Crippen LogP contribution < -0.4 is 10.6 Å². The number of aliphatic carboxylic acids is 2. The third-order valence-corrected chi connectivity index (χ3v) is 5.46. The molecule has 2 saturated carbocycles. The van der Waals surface area contributed by atoms with Gasteiger partial charge >= 0.3 is 24.1 Å². The molecule has 4 atom stereocenters. The minimum atomic E-state index is -3.08. The highest BCUT2D eigenvalue weighted by Gasteiger charge is 2.45. The molecule has 2 amide bonds. The maximum Gasteiger partial charge on any atom is 0.407 e. The third-order valence-electron chi connectivity index (χ3n) is 5.46. The number of ether oxygens (including phenoxy) is 2. The quantitative estimate of drug-likeness (QED) is 0.359. The van der Waals surface area contributed by atoms with E-state index in [-0.39, 0.29) is 12.8 Å². The predicted octanol–water partition coefficient (Wildman–Crippen LogP) is 4.80. The number of hydrogen-bond acceptors (Lipinski definition) is 6. The largest absolute Gasteiger partial charge is 0.481 e. The number of nitrogens with one attached hydrogen (secondary N) is 2. The molecular formula is C24H38F4N2O8. The summed E-state index contributed by atoms with van der Waals surface area (Å²) in [4.78, 5) is 44.6. The highest BCUT2D eigenvalue weighted by molar-refractivity contribution is 5.72. The van der Waals surface area contributed by atoms with Crippen LogP contribution in [0, 0.1) is 11.8 Å². The Morgan fingerprint density at radius 1 is 0.658 bits per heavy atom. The second-order valence-corrected chi connectivity index (χ2v) is 11.8. The SMILES string of the molecule is CC(C)(C)OC(=O)N[C@@H]1C[C@H](C(=O)O)CC(F)(F)C1.CC(C)(C)OC(=O)N[C@H]1C[C@@H](C(=O)O)CC(F)(F)C1. The number of carboxylic acid groups (broad SMARTS) is 2. The van der Waals surface area contributed by atoms with E-state index in [2.05, 4.69) is 10.6 Å². The van der Waals surface area contributed by atoms with Gasteiger partial charge in [0.25, 0.3) is 11.8 Å². The first kappa shape index (κ1) is 33.2. The average molecular weight is 559 g/mol. The van der Waals surface area contributed by atoms with Gasteiger partial charge in [0.2, 0.25) is 0 Å². The summed E-state index contributed by atoms with van der Waals surface area (Å²) < 4.78 is 63.5. The molecule has 0 saturated heterocycles. The van der Waals surface area contributed by atoms with Crippen LogP contribution in [0.1, 0.15) is 80.1 Å². The van der Waals surface area contributed by atoms with Crippen LogP contribution in [0.5, 0.6) is 0 Å². The van der Waals surface area contributed by atoms with E-state index < -0.39 is 96.8 Å². The zero-order valence-electron chi connectivity index (χ0n) is 22.4. The number of rotatable bonds is 4. The number of halogens is 4. The molecule has 14 heteroatoms. The average Bonchev–Trinajstić information content (AvgIpc) is 2.62. The summed E-state index contributed by atoms with van der Waals surface area (Å²) in [5, 5.41) is 22.3. The van der Waals surface area contributed by atoms with Crippen LogP contribution in [0.4, 0.5) is 27.2 Å². The van der Waals surface area contributed by atoms with Crippen molar-refractivity contribution in [3.8, 4) is 0 Å². The van der Waals surface area contributed by atoms with Crippen LogP contribution in [-0.2, 0) is 19.1 Å². The Morgan fingerprint density at radius 2 is 0.947 bits per heavy atom. The minimum Gasteiger partial charge on any atom is -0.481 e. The van der Waals surface area contributed by atoms with Gasteiger partial charge in [-0.05, 0) is 54.4 Å². The van der Waals surface area contributed by atoms with Crippen LogP contribution in [0.25, 0.3) is 0 Å². The van der Waals surface area contributed by atoms with E-state index >= 15 is 0 Å². The first-order valence-electron chi connectivity index (χ1n) is 12.2. The molecule has 4 N–H and O–H groups in total. The molecule has 2 aliphatic carbocycles. The van der Waals surface area contributed by atoms with Gasteiger partial charge < -0.3 is 30.3 Å². The summed E-state index contributed by atoms with van der Waals surface area (Å²) in [7, 11) is 0. The maximum atomic E-state index is 13.4. The van der Waals surface area contributed by atoms with Crippen molar-refractivity contribution >= 4 is 24.1 Å². The fourth-order valence-electron chi connectivity index (χ4n) is 4.17. The number of carbonyl (C=O) groups is 4. The zero-order chi connectivity index (χ0) is 29.7. The van der Waals surface area contributed by atoms with Crippen LogP contribution in [-0.4, -0.2) is 69.5 Å². The Kier molecular flexibility index (Phi) is 10.8. The fraction of sp³-hybridized carbons (Fsp3) is 0.833. The summed E-state index contributed by atoms with van der Waals surface area (Å²) in [6, 6.07) is -1.78. The van der Waals surface area contributed by atoms with Gasteiger partial charge in [-0.1, -0.05) is 0 Å². The second kappa shape index (κ2) is 12.4. The maximum absolute atomic E-state index is 13.4. The molecule has 0 aromatic carbocycles. The van der Waals surface area contributed by atoms with Crippen molar-refractivity contribution < 1.29 is 56.4 Å². The van der Waals surface area contributed by atoms with E-state index in [1.807, 2.05) is 0 Å². The monoisotopic (exact) mass is 558 g/mol. The van der Waals surface area contributed by atoms with E-state index in [0.717, 1.165) is 0 Å². The van der Waals surface area contributed by atoms with E-state index in [4.69, 9.17) is 19.7 Å². The van der Waals surface area contributed by atoms with Crippen LogP contribution >= 0.6 is 0 Å². The Bertz CT molecular complexity index is 800. The smallest absolute Gasteiger partial charge is 0.407 e. The molecule has 0 radical (unpaired) electrons. The molecule has 0 aliphatic heterocycles. The Balaban J connectivity index is 0.000000380. The van der Waals surface area contributed by atoms with Crippen LogP contribution in [0.15, 0.2) is 0 Å². The lowest BCUT2D eigenvalue weighted by atomic mass is 9.83. The molecule has 0 aromatic rings. The van der Waals surface area contributed by atoms with Gasteiger partial charge in [0, 0.05) is 37.8 Å². The number of amides is 2. The molecule has 2 fully saturated rings. The molecule has 0 heterocycles. The number of alkyl halides is 4. The Morgan fingerprint density at radius 3 is 1.18 bits per heavy atom. The first-order valence-corrected chi connectivity index (χ1v) is 12.2. The van der Waals surface area contributed by atoms with Gasteiger partial charge in [-0.2, -0.15) is 0 Å². The van der Waals surface area contributed by atoms with Gasteiger partial charge in [0.1, 0.15) is 11.2 Å². The minimum absolute atomic E-state index is 0.00976. The molecule has 0 aromatic heterocycles. The Labute approximate surface area is 218 Å². The summed E-state index contributed by atoms with van der Waals surface area (Å²) >= 11 is 0. The van der Waals surface area contributed by atoms with E-state index in [1.54, 1.807) is 41.5 Å². The van der Waals surface area contributed by atoms with Gasteiger partial charge in [-0.15, -0.1) is 0 Å². The molecule has 0 bridgehead atoms. The molecular weight excluding hydrogens is 520 g/mol. The van der Waals surface area contributed by atoms with Crippen molar-refractivity contribution in [1.82, 2.24) is 10.6 Å². The van der Waals surface area contributed by atoms with Crippen molar-refractivity contribution in [2.24, 2.45) is 11.8 Å². The van der Waals surface area contributed by atoms with Crippen molar-refractivity contribution in [3.63, 3.8) is 0 Å². The van der Waals surface area contributed by atoms with Crippen LogP contribution in [0.2, 0.25) is 0 Å². The molecule has 0 unspecified atom stereocenters. The third kappa shape index (κ3) is 13.1. The molecule has 2 rings (SSSR count). The predicted molar refractivity (Wildman–Crippen MR) is 126 cm³/mol. The van der Waals surface area contributed by atoms with Crippen molar-refractivity contribution in [2.45, 2.75) is 115 Å². The highest BCUT2D eigenvalue weighted by Crippen LogP contribution is 2.38. The number of carbonyl (C=O) groups excluding carboxylic acids is 2. The molecule has 10 nitrogen and oxygen atoms in total. The molecule has 220 valence electrons. The molecule has 0 spiro atoms. The summed E-state index contributed by atoms with van der Waals surface area (Å²) in [5.74, 6) is -11.0. The summed E-state index contributed by atoms with van der Waals surface area (Å²) in [6.45, 7) is 9.93. The lowest BCUT2D eigenvalue weighted by molar-refractivity contribution is -0.150. The molecule has 2 aliphatic rings. The topological polar surface area (TPSA) is 151 Å². The van der Waals surface area contributed by atoms with Gasteiger partial charge in [-0.25, -0.2) is 27.2 Å². The highest BCUT2D eigenvalue weighted by atomic mass is 19.3. The van der Waals surface area contributed by atoms with Gasteiger partial charge in [0.15, 0.2) is 0 Å². The van der Waals surface area contributed by atoms with Crippen LogP contribution in [0.3, 0.4) is 0 Å². The van der Waals surface area contributed by atoms with E-state index in [1.165, 1.54) is 0 Å². The van der Waals surface area contributed by atoms with E-state index in [9.17, 15) is 36.7 Å². The standard InChI is InChI=1S/2C12H19F2NO4/c2*1-11(2,3)19-10(18)15-8-4-7(9(16)17)5-12(13,14)6-8/h2*7-8H,4-6H2,1-3H3,(H,15,18)(H,16,17)/t2*7-,8+/m10/s1. The molecule has 38 heavy (non-hydrogen) atoms. The number of alkyl carbamates (subject to hydrolysis) is 2.